The van der Waals surface area contributed by atoms with Gasteiger partial charge in [-0.15, -0.1) is 0 Å². The summed E-state index contributed by atoms with van der Waals surface area (Å²) in [5.41, 5.74) is 0.619. The lowest BCUT2D eigenvalue weighted by Crippen LogP contribution is -2.06. The van der Waals surface area contributed by atoms with E-state index < -0.39 is 0 Å². The molecular weight excluding hydrogens is 280 g/mol. The van der Waals surface area contributed by atoms with Gasteiger partial charge in [0.05, 0.1) is 0 Å². The molecule has 0 saturated heterocycles. The van der Waals surface area contributed by atoms with Crippen molar-refractivity contribution in [2.45, 2.75) is 17.3 Å². The fraction of sp³-hybridized carbons (Fsp3) is 0.133. The zero-order valence-electron chi connectivity index (χ0n) is 10.4. The summed E-state index contributed by atoms with van der Waals surface area (Å²) in [4.78, 5) is 11.7. The Morgan fingerprint density at radius 1 is 1.11 bits per heavy atom. The van der Waals surface area contributed by atoms with Crippen molar-refractivity contribution >= 4 is 29.6 Å². The van der Waals surface area contributed by atoms with Crippen molar-refractivity contribution < 1.29 is 9.53 Å². The van der Waals surface area contributed by atoms with Crippen LogP contribution in [0.3, 0.4) is 0 Å². The molecule has 2 rings (SSSR count). The lowest BCUT2D eigenvalue weighted by Gasteiger charge is -2.14. The summed E-state index contributed by atoms with van der Waals surface area (Å²) < 4.78 is 5.76. The van der Waals surface area contributed by atoms with E-state index >= 15 is 0 Å². The largest absolute Gasteiger partial charge is 0.480 e. The number of carbonyl (C=O) groups excluding carboxylic acids is 1. The second kappa shape index (κ2) is 6.64. The molecule has 0 N–H and O–H groups in total. The first-order valence-electron chi connectivity index (χ1n) is 5.81. The van der Waals surface area contributed by atoms with E-state index in [1.54, 1.807) is 36.0 Å². The molecule has 98 valence electrons. The van der Waals surface area contributed by atoms with Crippen molar-refractivity contribution in [3.05, 3.63) is 59.1 Å². The summed E-state index contributed by atoms with van der Waals surface area (Å²) in [6.07, 6.45) is 0.815. The summed E-state index contributed by atoms with van der Waals surface area (Å²) in [5.74, 6) is 0.750. The quantitative estimate of drug-likeness (QED) is 0.455. The molecule has 0 amide bonds. The average Bonchev–Trinajstić information content (AvgIpc) is 2.42. The van der Waals surface area contributed by atoms with Gasteiger partial charge in [-0.25, -0.2) is 0 Å². The van der Waals surface area contributed by atoms with E-state index in [9.17, 15) is 4.79 Å². The molecule has 2 nitrogen and oxygen atoms in total. The molecule has 0 fully saturated rings. The molecule has 0 radical (unpaired) electrons. The Balaban J connectivity index is 1.94. The van der Waals surface area contributed by atoms with Crippen LogP contribution in [0.2, 0.25) is 5.02 Å². The number of carbonyl (C=O) groups is 1. The molecule has 0 heterocycles. The molecule has 0 bridgehead atoms. The number of rotatable bonds is 5. The van der Waals surface area contributed by atoms with Gasteiger partial charge in [0.15, 0.2) is 0 Å². The SMILES string of the molecule is CC(Oc1ccc(C=O)cc1)Sc1ccc(Cl)cc1. The molecular formula is C15H13ClO2S. The monoisotopic (exact) mass is 292 g/mol. The van der Waals surface area contributed by atoms with Crippen molar-refractivity contribution in [3.8, 4) is 5.75 Å². The number of ether oxygens (including phenoxy) is 1. The Labute approximate surface area is 121 Å². The molecule has 0 spiro atoms. The predicted molar refractivity (Wildman–Crippen MR) is 79.2 cm³/mol. The molecule has 0 aromatic heterocycles. The molecule has 0 aliphatic carbocycles. The highest BCUT2D eigenvalue weighted by molar-refractivity contribution is 7.99. The first-order valence-corrected chi connectivity index (χ1v) is 7.07. The highest BCUT2D eigenvalue weighted by Gasteiger charge is 2.06. The maximum atomic E-state index is 10.6. The van der Waals surface area contributed by atoms with Gasteiger partial charge in [-0.3, -0.25) is 4.79 Å². The maximum Gasteiger partial charge on any atom is 0.150 e. The van der Waals surface area contributed by atoms with Crippen LogP contribution < -0.4 is 4.74 Å². The van der Waals surface area contributed by atoms with Gasteiger partial charge >= 0.3 is 0 Å². The minimum Gasteiger partial charge on any atom is -0.480 e. The average molecular weight is 293 g/mol. The highest BCUT2D eigenvalue weighted by Crippen LogP contribution is 2.26. The fourth-order valence-corrected chi connectivity index (χ4v) is 2.51. The van der Waals surface area contributed by atoms with E-state index in [1.807, 2.05) is 31.2 Å². The van der Waals surface area contributed by atoms with E-state index in [2.05, 4.69) is 0 Å². The van der Waals surface area contributed by atoms with Crippen LogP contribution in [0.25, 0.3) is 0 Å². The second-order valence-corrected chi connectivity index (χ2v) is 5.75. The van der Waals surface area contributed by atoms with Gasteiger partial charge in [0.2, 0.25) is 0 Å². The number of hydrogen-bond donors (Lipinski definition) is 0. The molecule has 2 aromatic rings. The number of thioether (sulfide) groups is 1. The van der Waals surface area contributed by atoms with Crippen molar-refractivity contribution in [1.29, 1.82) is 0 Å². The van der Waals surface area contributed by atoms with Crippen LogP contribution in [0.15, 0.2) is 53.4 Å². The summed E-state index contributed by atoms with van der Waals surface area (Å²) >= 11 is 7.44. The van der Waals surface area contributed by atoms with Gasteiger partial charge in [-0.2, -0.15) is 0 Å². The van der Waals surface area contributed by atoms with Gasteiger partial charge in [-0.1, -0.05) is 23.4 Å². The topological polar surface area (TPSA) is 26.3 Å². The summed E-state index contributed by atoms with van der Waals surface area (Å²) in [7, 11) is 0. The van der Waals surface area contributed by atoms with E-state index in [0.717, 1.165) is 22.0 Å². The van der Waals surface area contributed by atoms with Crippen LogP contribution in [-0.2, 0) is 0 Å². The van der Waals surface area contributed by atoms with E-state index in [4.69, 9.17) is 16.3 Å². The summed E-state index contributed by atoms with van der Waals surface area (Å²) in [6.45, 7) is 1.98. The molecule has 0 aliphatic rings. The standard InChI is InChI=1S/C15H13ClO2S/c1-11(19-15-8-4-13(16)5-9-15)18-14-6-2-12(10-17)3-7-14/h2-11H,1H3. The van der Waals surface area contributed by atoms with Crippen molar-refractivity contribution in [2.75, 3.05) is 0 Å². The zero-order valence-corrected chi connectivity index (χ0v) is 11.9. The summed E-state index contributed by atoms with van der Waals surface area (Å²) in [5, 5.41) is 0.724. The van der Waals surface area contributed by atoms with Crippen molar-refractivity contribution in [2.24, 2.45) is 0 Å². The number of aldehydes is 1. The maximum absolute atomic E-state index is 10.6. The van der Waals surface area contributed by atoms with Crippen molar-refractivity contribution in [3.63, 3.8) is 0 Å². The Hall–Kier alpha value is -1.45. The Morgan fingerprint density at radius 3 is 2.32 bits per heavy atom. The van der Waals surface area contributed by atoms with Gasteiger partial charge in [0, 0.05) is 15.5 Å². The van der Waals surface area contributed by atoms with Crippen molar-refractivity contribution in [1.82, 2.24) is 0 Å². The second-order valence-electron chi connectivity index (χ2n) is 3.94. The molecule has 1 unspecified atom stereocenters. The predicted octanol–water partition coefficient (Wildman–Crippen LogP) is 4.67. The Bertz CT molecular complexity index is 537. The third-order valence-corrected chi connectivity index (χ3v) is 3.66. The van der Waals surface area contributed by atoms with Gasteiger partial charge in [-0.05, 0) is 55.5 Å². The third-order valence-electron chi connectivity index (χ3n) is 2.43. The summed E-state index contributed by atoms with van der Waals surface area (Å²) in [6, 6.07) is 14.7. The van der Waals surface area contributed by atoms with Crippen LogP contribution in [0.4, 0.5) is 0 Å². The van der Waals surface area contributed by atoms with E-state index in [0.29, 0.717) is 5.56 Å². The fourth-order valence-electron chi connectivity index (χ4n) is 1.55. The number of benzene rings is 2. The highest BCUT2D eigenvalue weighted by atomic mass is 35.5. The van der Waals surface area contributed by atoms with Gasteiger partial charge in [0.1, 0.15) is 17.5 Å². The lowest BCUT2D eigenvalue weighted by molar-refractivity contribution is 0.112. The molecule has 19 heavy (non-hydrogen) atoms. The normalized spacial score (nSPS) is 11.9. The number of halogens is 1. The molecule has 2 aromatic carbocycles. The minimum atomic E-state index is -0.0248. The van der Waals surface area contributed by atoms with Crippen LogP contribution in [0.5, 0.6) is 5.75 Å². The van der Waals surface area contributed by atoms with E-state index in [-0.39, 0.29) is 5.44 Å². The smallest absolute Gasteiger partial charge is 0.150 e. The van der Waals surface area contributed by atoms with Gasteiger partial charge in [0.25, 0.3) is 0 Å². The first kappa shape index (κ1) is 14.0. The van der Waals surface area contributed by atoms with Crippen LogP contribution in [-0.4, -0.2) is 11.7 Å². The molecule has 4 heteroatoms. The Morgan fingerprint density at radius 2 is 1.74 bits per heavy atom. The minimum absolute atomic E-state index is 0.0248. The lowest BCUT2D eigenvalue weighted by atomic mass is 10.2. The van der Waals surface area contributed by atoms with E-state index in [1.165, 1.54) is 0 Å². The van der Waals surface area contributed by atoms with Crippen LogP contribution in [0, 0.1) is 0 Å². The van der Waals surface area contributed by atoms with Gasteiger partial charge < -0.3 is 4.74 Å². The Kier molecular flexibility index (Phi) is 4.88. The molecule has 0 aliphatic heterocycles. The van der Waals surface area contributed by atoms with Crippen LogP contribution in [0.1, 0.15) is 17.3 Å². The van der Waals surface area contributed by atoms with Crippen LogP contribution >= 0.6 is 23.4 Å². The molecule has 0 saturated carbocycles. The third kappa shape index (κ3) is 4.30. The number of hydrogen-bond acceptors (Lipinski definition) is 3. The molecule has 1 atom stereocenters. The zero-order chi connectivity index (χ0) is 13.7. The first-order chi connectivity index (χ1) is 9.17.